The molecule has 0 bridgehead atoms. The summed E-state index contributed by atoms with van der Waals surface area (Å²) in [7, 11) is 0. The number of nitriles is 1. The Bertz CT molecular complexity index is 199. The Balaban J connectivity index is 5.19. The number of hydrogen-bond acceptors (Lipinski definition) is 2. The van der Waals surface area contributed by atoms with E-state index in [1.54, 1.807) is 11.4 Å². The van der Waals surface area contributed by atoms with Crippen LogP contribution in [-0.2, 0) is 0 Å². The molecule has 0 aliphatic rings. The standard InChI is InChI=1S/C13H28NPS/c1-5-9-15(10-6-2,11-7-3,12-8-4)16-13-14/h5-12H2,1-4H3. The van der Waals surface area contributed by atoms with Gasteiger partial charge in [-0.2, -0.15) is 0 Å². The molecule has 0 rings (SSSR count). The number of nitrogens with zero attached hydrogens (tertiary/aromatic N) is 1. The van der Waals surface area contributed by atoms with Gasteiger partial charge in [-0.25, -0.2) is 0 Å². The molecule has 0 aromatic carbocycles. The molecule has 0 heterocycles. The number of rotatable bonds is 9. The molecule has 0 aromatic rings. The van der Waals surface area contributed by atoms with Crippen LogP contribution >= 0.6 is 17.2 Å². The molecule has 0 unspecified atom stereocenters. The van der Waals surface area contributed by atoms with E-state index in [9.17, 15) is 5.26 Å². The Kier molecular flexibility index (Phi) is 7.70. The SMILES string of the molecule is CCCP(CCC)(CCC)(CCC)SC#N. The summed E-state index contributed by atoms with van der Waals surface area (Å²) >= 11 is 1.71. The van der Waals surface area contributed by atoms with Crippen LogP contribution in [-0.4, -0.2) is 24.6 Å². The quantitative estimate of drug-likeness (QED) is 0.415. The van der Waals surface area contributed by atoms with Crippen molar-refractivity contribution in [1.29, 1.82) is 5.26 Å². The molecule has 0 aromatic heterocycles. The van der Waals surface area contributed by atoms with Gasteiger partial charge < -0.3 is 0 Å². The van der Waals surface area contributed by atoms with Crippen LogP contribution in [0.15, 0.2) is 0 Å². The van der Waals surface area contributed by atoms with Crippen molar-refractivity contribution in [3.63, 3.8) is 0 Å². The summed E-state index contributed by atoms with van der Waals surface area (Å²) in [5, 5.41) is 11.7. The van der Waals surface area contributed by atoms with Gasteiger partial charge in [-0.15, -0.1) is 0 Å². The fraction of sp³-hybridized carbons (Fsp3) is 0.923. The second-order valence-corrected chi connectivity index (χ2v) is 14.5. The molecule has 0 amide bonds. The van der Waals surface area contributed by atoms with Crippen LogP contribution in [0.4, 0.5) is 0 Å². The molecule has 3 heteroatoms. The van der Waals surface area contributed by atoms with Crippen LogP contribution in [0, 0.1) is 10.7 Å². The first-order valence-electron chi connectivity index (χ1n) is 6.70. The Morgan fingerprint density at radius 3 is 1.31 bits per heavy atom. The van der Waals surface area contributed by atoms with Crippen LogP contribution < -0.4 is 0 Å². The minimum absolute atomic E-state index is 1.24. The van der Waals surface area contributed by atoms with E-state index in [0.29, 0.717) is 0 Å². The van der Waals surface area contributed by atoms with E-state index in [0.717, 1.165) is 0 Å². The van der Waals surface area contributed by atoms with Crippen LogP contribution in [0.5, 0.6) is 0 Å². The fourth-order valence-corrected chi connectivity index (χ4v) is 13.7. The summed E-state index contributed by atoms with van der Waals surface area (Å²) in [5.41, 5.74) is 0. The number of thiocyanates is 1. The second kappa shape index (κ2) is 7.57. The maximum absolute atomic E-state index is 9.22. The third-order valence-electron chi connectivity index (χ3n) is 3.46. The zero-order chi connectivity index (χ0) is 12.5. The Labute approximate surface area is 106 Å². The summed E-state index contributed by atoms with van der Waals surface area (Å²) in [6.45, 7) is 9.11. The van der Waals surface area contributed by atoms with E-state index in [1.807, 2.05) is 0 Å². The molecule has 16 heavy (non-hydrogen) atoms. The van der Waals surface area contributed by atoms with Gasteiger partial charge in [-0.05, 0) is 0 Å². The Morgan fingerprint density at radius 1 is 0.812 bits per heavy atom. The van der Waals surface area contributed by atoms with E-state index in [-0.39, 0.29) is 0 Å². The van der Waals surface area contributed by atoms with Crippen LogP contribution in [0.1, 0.15) is 53.4 Å². The van der Waals surface area contributed by atoms with Crippen molar-refractivity contribution in [3.05, 3.63) is 0 Å². The van der Waals surface area contributed by atoms with Crippen LogP contribution in [0.25, 0.3) is 0 Å². The van der Waals surface area contributed by atoms with Gasteiger partial charge in [0.1, 0.15) is 0 Å². The van der Waals surface area contributed by atoms with Gasteiger partial charge in [0.05, 0.1) is 0 Å². The minimum atomic E-state index is -1.77. The summed E-state index contributed by atoms with van der Waals surface area (Å²) < 4.78 is 0. The summed E-state index contributed by atoms with van der Waals surface area (Å²) in [5.74, 6) is -1.77. The van der Waals surface area contributed by atoms with Gasteiger partial charge in [0.15, 0.2) is 0 Å². The van der Waals surface area contributed by atoms with Crippen LogP contribution in [0.3, 0.4) is 0 Å². The monoisotopic (exact) mass is 261 g/mol. The molecule has 0 N–H and O–H groups in total. The predicted molar refractivity (Wildman–Crippen MR) is 80.8 cm³/mol. The first kappa shape index (κ1) is 16.3. The molecule has 96 valence electrons. The van der Waals surface area contributed by atoms with Crippen molar-refractivity contribution in [2.24, 2.45) is 0 Å². The van der Waals surface area contributed by atoms with E-state index in [1.165, 1.54) is 50.3 Å². The molecule has 0 atom stereocenters. The maximum atomic E-state index is 9.22. The van der Waals surface area contributed by atoms with E-state index in [2.05, 4.69) is 33.1 Å². The Morgan fingerprint density at radius 2 is 1.12 bits per heavy atom. The van der Waals surface area contributed by atoms with Gasteiger partial charge in [-0.3, -0.25) is 0 Å². The molecule has 0 aliphatic heterocycles. The second-order valence-electron chi connectivity index (χ2n) is 4.94. The third-order valence-corrected chi connectivity index (χ3v) is 14.4. The van der Waals surface area contributed by atoms with Gasteiger partial charge in [0.2, 0.25) is 0 Å². The summed E-state index contributed by atoms with van der Waals surface area (Å²) in [6, 6.07) is 0. The van der Waals surface area contributed by atoms with Crippen molar-refractivity contribution in [3.8, 4) is 5.40 Å². The van der Waals surface area contributed by atoms with Gasteiger partial charge in [-0.1, -0.05) is 0 Å². The molecule has 0 aliphatic carbocycles. The first-order chi connectivity index (χ1) is 7.62. The average Bonchev–Trinajstić information content (AvgIpc) is 2.19. The molecule has 0 saturated heterocycles. The number of hydrogen-bond donors (Lipinski definition) is 0. The molecular formula is C13H28NPS. The van der Waals surface area contributed by atoms with E-state index < -0.39 is 5.81 Å². The molecule has 0 radical (unpaired) electrons. The van der Waals surface area contributed by atoms with Crippen LogP contribution in [0.2, 0.25) is 0 Å². The Hall–Kier alpha value is 0.270. The summed E-state index contributed by atoms with van der Waals surface area (Å²) in [6.07, 6.45) is 10.2. The summed E-state index contributed by atoms with van der Waals surface area (Å²) in [4.78, 5) is 0. The first-order valence-corrected chi connectivity index (χ1v) is 11.1. The van der Waals surface area contributed by atoms with Gasteiger partial charge in [0.25, 0.3) is 0 Å². The van der Waals surface area contributed by atoms with Crippen molar-refractivity contribution in [2.45, 2.75) is 53.4 Å². The normalized spacial score (nSPS) is 14.1. The molecule has 0 spiro atoms. The zero-order valence-corrected chi connectivity index (χ0v) is 13.2. The zero-order valence-electron chi connectivity index (χ0n) is 11.5. The van der Waals surface area contributed by atoms with Crippen molar-refractivity contribution in [1.82, 2.24) is 0 Å². The van der Waals surface area contributed by atoms with Crippen molar-refractivity contribution >= 4 is 17.2 Å². The fourth-order valence-electron chi connectivity index (χ4n) is 3.23. The van der Waals surface area contributed by atoms with E-state index in [4.69, 9.17) is 0 Å². The molecule has 1 nitrogen and oxygen atoms in total. The van der Waals surface area contributed by atoms with Gasteiger partial charge in [0, 0.05) is 0 Å². The average molecular weight is 261 g/mol. The van der Waals surface area contributed by atoms with Crippen molar-refractivity contribution < 1.29 is 0 Å². The molecule has 0 saturated carbocycles. The molecular weight excluding hydrogens is 233 g/mol. The van der Waals surface area contributed by atoms with Crippen molar-refractivity contribution in [2.75, 3.05) is 24.6 Å². The topological polar surface area (TPSA) is 23.8 Å². The predicted octanol–water partition coefficient (Wildman–Crippen LogP) is 5.31. The van der Waals surface area contributed by atoms with Gasteiger partial charge >= 0.3 is 106 Å². The van der Waals surface area contributed by atoms with E-state index >= 15 is 0 Å². The molecule has 0 fully saturated rings. The third kappa shape index (κ3) is 3.94.